The molecule has 1 heterocycles. The molecule has 0 unspecified atom stereocenters. The number of benzene rings is 3. The molecule has 0 aliphatic rings. The van der Waals surface area contributed by atoms with Crippen LogP contribution in [0.1, 0.15) is 6.92 Å². The summed E-state index contributed by atoms with van der Waals surface area (Å²) in [5, 5.41) is 16.5. The number of halogens is 2. The SMILES string of the molecule is CCN(c1ncnc(Nc2ccc(F)cc2F)c1[N+](=O)[O-])c1cccc2ccccc12. The van der Waals surface area contributed by atoms with Gasteiger partial charge in [-0.1, -0.05) is 36.4 Å². The van der Waals surface area contributed by atoms with Gasteiger partial charge in [-0.2, -0.15) is 0 Å². The van der Waals surface area contributed by atoms with Crippen LogP contribution < -0.4 is 10.2 Å². The van der Waals surface area contributed by atoms with Crippen molar-refractivity contribution in [1.82, 2.24) is 9.97 Å². The van der Waals surface area contributed by atoms with Crippen molar-refractivity contribution < 1.29 is 13.7 Å². The topological polar surface area (TPSA) is 84.2 Å². The van der Waals surface area contributed by atoms with Crippen molar-refractivity contribution in [3.63, 3.8) is 0 Å². The molecule has 4 aromatic rings. The Balaban J connectivity index is 1.85. The third-order valence-corrected chi connectivity index (χ3v) is 4.80. The predicted molar refractivity (Wildman–Crippen MR) is 115 cm³/mol. The first-order chi connectivity index (χ1) is 15.0. The van der Waals surface area contributed by atoms with Crippen LogP contribution in [-0.2, 0) is 0 Å². The van der Waals surface area contributed by atoms with Crippen molar-refractivity contribution in [1.29, 1.82) is 0 Å². The first-order valence-corrected chi connectivity index (χ1v) is 9.46. The fourth-order valence-electron chi connectivity index (χ4n) is 3.42. The first kappa shape index (κ1) is 20.1. The number of hydrogen-bond donors (Lipinski definition) is 1. The summed E-state index contributed by atoms with van der Waals surface area (Å²) in [4.78, 5) is 21.2. The average Bonchev–Trinajstić information content (AvgIpc) is 2.76. The number of nitrogens with one attached hydrogen (secondary N) is 1. The molecule has 3 aromatic carbocycles. The maximum atomic E-state index is 14.1. The average molecular weight is 421 g/mol. The van der Waals surface area contributed by atoms with Crippen molar-refractivity contribution in [2.24, 2.45) is 0 Å². The molecule has 0 saturated carbocycles. The van der Waals surface area contributed by atoms with Gasteiger partial charge >= 0.3 is 5.69 Å². The number of nitrogens with zero attached hydrogens (tertiary/aromatic N) is 4. The Bertz CT molecular complexity index is 1280. The molecule has 0 radical (unpaired) electrons. The first-order valence-electron chi connectivity index (χ1n) is 9.46. The van der Waals surface area contributed by atoms with Crippen molar-refractivity contribution in [2.45, 2.75) is 6.92 Å². The number of aromatic nitrogens is 2. The molecular formula is C22H17F2N5O2. The van der Waals surface area contributed by atoms with Gasteiger partial charge in [-0.25, -0.2) is 18.7 Å². The van der Waals surface area contributed by atoms with Crippen LogP contribution in [0.5, 0.6) is 0 Å². The summed E-state index contributed by atoms with van der Waals surface area (Å²) in [5.74, 6) is -1.78. The zero-order chi connectivity index (χ0) is 22.0. The van der Waals surface area contributed by atoms with Gasteiger partial charge in [-0.05, 0) is 30.5 Å². The third-order valence-electron chi connectivity index (χ3n) is 4.80. The molecule has 156 valence electrons. The molecule has 0 spiro atoms. The molecule has 4 rings (SSSR count). The van der Waals surface area contributed by atoms with Gasteiger partial charge < -0.3 is 10.2 Å². The minimum absolute atomic E-state index is 0.0591. The molecule has 0 saturated heterocycles. The van der Waals surface area contributed by atoms with Gasteiger partial charge in [0, 0.05) is 18.0 Å². The highest BCUT2D eigenvalue weighted by molar-refractivity contribution is 5.97. The Hall–Kier alpha value is -4.14. The van der Waals surface area contributed by atoms with E-state index in [1.54, 1.807) is 4.90 Å². The van der Waals surface area contributed by atoms with E-state index in [9.17, 15) is 18.9 Å². The molecule has 1 N–H and O–H groups in total. The smallest absolute Gasteiger partial charge is 0.332 e. The highest BCUT2D eigenvalue weighted by Gasteiger charge is 2.28. The van der Waals surface area contributed by atoms with Crippen molar-refractivity contribution in [3.05, 3.63) is 88.7 Å². The van der Waals surface area contributed by atoms with E-state index in [-0.39, 0.29) is 17.3 Å². The summed E-state index contributed by atoms with van der Waals surface area (Å²) in [5.41, 5.74) is 0.185. The van der Waals surface area contributed by atoms with Gasteiger partial charge in [-0.3, -0.25) is 10.1 Å². The van der Waals surface area contributed by atoms with E-state index in [0.717, 1.165) is 28.6 Å². The number of fused-ring (bicyclic) bond motifs is 1. The highest BCUT2D eigenvalue weighted by Crippen LogP contribution is 2.39. The predicted octanol–water partition coefficient (Wildman–Crippen LogP) is 5.72. The summed E-state index contributed by atoms with van der Waals surface area (Å²) in [6.07, 6.45) is 1.17. The van der Waals surface area contributed by atoms with E-state index in [1.165, 1.54) is 6.33 Å². The third kappa shape index (κ3) is 3.85. The Morgan fingerprint density at radius 2 is 1.84 bits per heavy atom. The lowest BCUT2D eigenvalue weighted by Gasteiger charge is -2.24. The quantitative estimate of drug-likeness (QED) is 0.317. The van der Waals surface area contributed by atoms with Crippen LogP contribution in [0.15, 0.2) is 67.0 Å². The molecular weight excluding hydrogens is 404 g/mol. The summed E-state index contributed by atoms with van der Waals surface area (Å²) < 4.78 is 27.3. The lowest BCUT2D eigenvalue weighted by atomic mass is 10.1. The Kier molecular flexibility index (Phi) is 5.40. The molecule has 0 aliphatic heterocycles. The largest absolute Gasteiger partial charge is 0.354 e. The van der Waals surface area contributed by atoms with E-state index in [2.05, 4.69) is 15.3 Å². The maximum absolute atomic E-state index is 14.1. The van der Waals surface area contributed by atoms with Crippen LogP contribution in [0.25, 0.3) is 10.8 Å². The fourth-order valence-corrected chi connectivity index (χ4v) is 3.42. The van der Waals surface area contributed by atoms with E-state index in [1.807, 2.05) is 49.4 Å². The number of rotatable bonds is 6. The van der Waals surface area contributed by atoms with Crippen molar-refractivity contribution >= 4 is 39.5 Å². The van der Waals surface area contributed by atoms with Crippen LogP contribution in [0.2, 0.25) is 0 Å². The molecule has 0 bridgehead atoms. The van der Waals surface area contributed by atoms with Gasteiger partial charge in [0.1, 0.15) is 18.0 Å². The van der Waals surface area contributed by atoms with E-state index in [0.29, 0.717) is 12.6 Å². The number of nitro groups is 1. The van der Waals surface area contributed by atoms with Crippen molar-refractivity contribution in [2.75, 3.05) is 16.8 Å². The summed E-state index contributed by atoms with van der Waals surface area (Å²) >= 11 is 0. The summed E-state index contributed by atoms with van der Waals surface area (Å²) in [7, 11) is 0. The molecule has 0 fully saturated rings. The standard InChI is InChI=1S/C22H17F2N5O2/c1-2-28(19-9-5-7-14-6-3-4-8-16(14)19)22-20(29(30)31)21(25-13-26-22)27-18-11-10-15(23)12-17(18)24/h3-13H,2H2,1H3,(H,25,26,27). The Labute approximate surface area is 176 Å². The van der Waals surface area contributed by atoms with E-state index in [4.69, 9.17) is 0 Å². The molecule has 0 atom stereocenters. The minimum atomic E-state index is -0.893. The second-order valence-corrected chi connectivity index (χ2v) is 6.64. The van der Waals surface area contributed by atoms with Crippen LogP contribution >= 0.6 is 0 Å². The minimum Gasteiger partial charge on any atom is -0.332 e. The molecule has 1 aromatic heterocycles. The zero-order valence-corrected chi connectivity index (χ0v) is 16.4. The Morgan fingerprint density at radius 1 is 1.06 bits per heavy atom. The monoisotopic (exact) mass is 421 g/mol. The van der Waals surface area contributed by atoms with Crippen LogP contribution in [-0.4, -0.2) is 21.4 Å². The lowest BCUT2D eigenvalue weighted by molar-refractivity contribution is -0.383. The van der Waals surface area contributed by atoms with Crippen molar-refractivity contribution in [3.8, 4) is 0 Å². The molecule has 0 amide bonds. The fraction of sp³-hybridized carbons (Fsp3) is 0.0909. The van der Waals surface area contributed by atoms with Gasteiger partial charge in [0.25, 0.3) is 0 Å². The van der Waals surface area contributed by atoms with Gasteiger partial charge in [0.2, 0.25) is 11.6 Å². The second-order valence-electron chi connectivity index (χ2n) is 6.64. The van der Waals surface area contributed by atoms with Gasteiger partial charge in [-0.15, -0.1) is 0 Å². The van der Waals surface area contributed by atoms with Crippen LogP contribution in [0.3, 0.4) is 0 Å². The number of anilines is 4. The molecule has 9 heteroatoms. The number of hydrogen-bond acceptors (Lipinski definition) is 6. The normalized spacial score (nSPS) is 10.8. The van der Waals surface area contributed by atoms with E-state index < -0.39 is 22.2 Å². The molecule has 0 aliphatic carbocycles. The molecule has 31 heavy (non-hydrogen) atoms. The van der Waals surface area contributed by atoms with E-state index >= 15 is 0 Å². The molecule has 7 nitrogen and oxygen atoms in total. The zero-order valence-electron chi connectivity index (χ0n) is 16.4. The Morgan fingerprint density at radius 3 is 2.58 bits per heavy atom. The maximum Gasteiger partial charge on any atom is 0.354 e. The van der Waals surface area contributed by atoms with Gasteiger partial charge in [0.05, 0.1) is 16.3 Å². The lowest BCUT2D eigenvalue weighted by Crippen LogP contribution is -2.20. The highest BCUT2D eigenvalue weighted by atomic mass is 19.1. The second kappa shape index (κ2) is 8.31. The summed E-state index contributed by atoms with van der Waals surface area (Å²) in [6, 6.07) is 16.2. The summed E-state index contributed by atoms with van der Waals surface area (Å²) in [6.45, 7) is 2.23. The van der Waals surface area contributed by atoms with Crippen LogP contribution in [0.4, 0.5) is 37.5 Å². The van der Waals surface area contributed by atoms with Crippen LogP contribution in [0, 0.1) is 21.7 Å². The van der Waals surface area contributed by atoms with Gasteiger partial charge in [0.15, 0.2) is 0 Å².